The van der Waals surface area contributed by atoms with Crippen molar-refractivity contribution in [2.45, 2.75) is 4.90 Å². The van der Waals surface area contributed by atoms with Gasteiger partial charge < -0.3 is 4.90 Å². The van der Waals surface area contributed by atoms with Crippen LogP contribution in [0.5, 0.6) is 0 Å². The van der Waals surface area contributed by atoms with E-state index in [1.165, 1.54) is 16.4 Å². The number of amides is 1. The summed E-state index contributed by atoms with van der Waals surface area (Å²) in [4.78, 5) is 14.1. The minimum absolute atomic E-state index is 0.101. The molecule has 0 radical (unpaired) electrons. The molecule has 3 aromatic rings. The molecule has 29 heavy (non-hydrogen) atoms. The second kappa shape index (κ2) is 7.74. The van der Waals surface area contributed by atoms with Crippen LogP contribution in [0.25, 0.3) is 10.8 Å². The summed E-state index contributed by atoms with van der Waals surface area (Å²) in [5.74, 6) is -1.03. The smallest absolute Gasteiger partial charge is 0.253 e. The molecule has 1 heterocycles. The zero-order valence-corrected chi connectivity index (χ0v) is 17.0. The van der Waals surface area contributed by atoms with Gasteiger partial charge in [0.25, 0.3) is 5.91 Å². The maximum absolute atomic E-state index is 14.1. The number of carbonyl (C=O) groups excluding carboxylic acids is 1. The molecule has 0 N–H and O–H groups in total. The SMILES string of the molecule is O=C(c1ccc2ccccc2c1)N1CCN(S(=O)(=O)c2ccc(Cl)cc2F)CC1. The summed E-state index contributed by atoms with van der Waals surface area (Å²) in [5, 5.41) is 2.15. The van der Waals surface area contributed by atoms with Crippen LogP contribution in [0.15, 0.2) is 65.6 Å². The van der Waals surface area contributed by atoms with Crippen LogP contribution in [0.3, 0.4) is 0 Å². The van der Waals surface area contributed by atoms with Gasteiger partial charge in [-0.1, -0.05) is 41.9 Å². The Kier molecular flexibility index (Phi) is 5.29. The summed E-state index contributed by atoms with van der Waals surface area (Å²) in [7, 11) is -3.99. The summed E-state index contributed by atoms with van der Waals surface area (Å²) in [6.07, 6.45) is 0. The van der Waals surface area contributed by atoms with Crippen LogP contribution in [0.1, 0.15) is 10.4 Å². The van der Waals surface area contributed by atoms with E-state index in [-0.39, 0.29) is 37.1 Å². The lowest BCUT2D eigenvalue weighted by molar-refractivity contribution is 0.0698. The number of halogens is 2. The zero-order valence-electron chi connectivity index (χ0n) is 15.4. The first-order valence-electron chi connectivity index (χ1n) is 9.09. The molecule has 0 aliphatic carbocycles. The highest BCUT2D eigenvalue weighted by Gasteiger charge is 2.32. The van der Waals surface area contributed by atoms with Crippen LogP contribution in [-0.4, -0.2) is 49.7 Å². The monoisotopic (exact) mass is 432 g/mol. The topological polar surface area (TPSA) is 57.7 Å². The molecular weight excluding hydrogens is 415 g/mol. The molecule has 1 aliphatic rings. The van der Waals surface area contributed by atoms with E-state index in [2.05, 4.69) is 0 Å². The first-order valence-corrected chi connectivity index (χ1v) is 10.9. The third kappa shape index (κ3) is 3.85. The minimum atomic E-state index is -3.99. The molecule has 0 unspecified atom stereocenters. The van der Waals surface area contributed by atoms with Crippen molar-refractivity contribution >= 4 is 38.3 Å². The molecular formula is C21H18ClFN2O3S. The van der Waals surface area contributed by atoms with E-state index in [0.717, 1.165) is 16.8 Å². The molecule has 1 amide bonds. The molecule has 4 rings (SSSR count). The van der Waals surface area contributed by atoms with Crippen LogP contribution in [0, 0.1) is 5.82 Å². The van der Waals surface area contributed by atoms with Crippen LogP contribution in [0.4, 0.5) is 4.39 Å². The highest BCUT2D eigenvalue weighted by molar-refractivity contribution is 7.89. The van der Waals surface area contributed by atoms with E-state index in [4.69, 9.17) is 11.6 Å². The Hall–Kier alpha value is -2.48. The van der Waals surface area contributed by atoms with Gasteiger partial charge in [-0.15, -0.1) is 0 Å². The Morgan fingerprint density at radius 2 is 1.59 bits per heavy atom. The van der Waals surface area contributed by atoms with Gasteiger partial charge in [0.15, 0.2) is 0 Å². The van der Waals surface area contributed by atoms with Crippen LogP contribution < -0.4 is 0 Å². The number of fused-ring (bicyclic) bond motifs is 1. The van der Waals surface area contributed by atoms with Crippen LogP contribution in [0.2, 0.25) is 5.02 Å². The Morgan fingerprint density at radius 3 is 2.28 bits per heavy atom. The van der Waals surface area contributed by atoms with E-state index in [1.54, 1.807) is 11.0 Å². The van der Waals surface area contributed by atoms with Crippen molar-refractivity contribution in [1.29, 1.82) is 0 Å². The molecule has 1 fully saturated rings. The number of hydrogen-bond donors (Lipinski definition) is 0. The third-order valence-corrected chi connectivity index (χ3v) is 7.20. The molecule has 5 nitrogen and oxygen atoms in total. The van der Waals surface area contributed by atoms with Gasteiger partial charge >= 0.3 is 0 Å². The van der Waals surface area contributed by atoms with Gasteiger partial charge in [0.1, 0.15) is 10.7 Å². The second-order valence-corrected chi connectivity index (χ2v) is 9.18. The second-order valence-electron chi connectivity index (χ2n) is 6.83. The van der Waals surface area contributed by atoms with Gasteiger partial charge in [-0.3, -0.25) is 4.79 Å². The van der Waals surface area contributed by atoms with Gasteiger partial charge in [-0.05, 0) is 41.1 Å². The molecule has 0 saturated carbocycles. The fourth-order valence-electron chi connectivity index (χ4n) is 3.46. The molecule has 8 heteroatoms. The normalized spacial score (nSPS) is 15.6. The lowest BCUT2D eigenvalue weighted by Gasteiger charge is -2.34. The Labute approximate surface area is 173 Å². The lowest BCUT2D eigenvalue weighted by Crippen LogP contribution is -2.50. The van der Waals surface area contributed by atoms with E-state index < -0.39 is 20.7 Å². The van der Waals surface area contributed by atoms with Crippen LogP contribution in [-0.2, 0) is 10.0 Å². The average molecular weight is 433 g/mol. The van der Waals surface area contributed by atoms with Gasteiger partial charge in [-0.2, -0.15) is 4.31 Å². The number of benzene rings is 3. The van der Waals surface area contributed by atoms with E-state index >= 15 is 0 Å². The number of carbonyl (C=O) groups is 1. The Morgan fingerprint density at radius 1 is 0.897 bits per heavy atom. The number of nitrogens with zero attached hydrogens (tertiary/aromatic N) is 2. The van der Waals surface area contributed by atoms with Crippen LogP contribution >= 0.6 is 11.6 Å². The lowest BCUT2D eigenvalue weighted by atomic mass is 10.1. The number of piperazine rings is 1. The first-order chi connectivity index (χ1) is 13.9. The molecule has 0 atom stereocenters. The molecule has 0 spiro atoms. The first kappa shape index (κ1) is 19.8. The molecule has 0 aromatic heterocycles. The van der Waals surface area contributed by atoms with E-state index in [1.807, 2.05) is 36.4 Å². The highest BCUT2D eigenvalue weighted by atomic mass is 35.5. The fraction of sp³-hybridized carbons (Fsp3) is 0.190. The van der Waals surface area contributed by atoms with Gasteiger partial charge in [0.2, 0.25) is 10.0 Å². The van der Waals surface area contributed by atoms with Crippen molar-refractivity contribution in [1.82, 2.24) is 9.21 Å². The maximum atomic E-state index is 14.1. The predicted octanol–water partition coefficient (Wildman–Crippen LogP) is 3.78. The van der Waals surface area contributed by atoms with Gasteiger partial charge in [0, 0.05) is 36.8 Å². The quantitative estimate of drug-likeness (QED) is 0.633. The molecule has 150 valence electrons. The summed E-state index contributed by atoms with van der Waals surface area (Å²) < 4.78 is 40.8. The van der Waals surface area contributed by atoms with Gasteiger partial charge in [-0.25, -0.2) is 12.8 Å². The Balaban J connectivity index is 1.49. The Bertz CT molecular complexity index is 1190. The standard InChI is InChI=1S/C21H18ClFN2O3S/c22-18-7-8-20(19(23)14-18)29(27,28)25-11-9-24(10-12-25)21(26)17-6-5-15-3-1-2-4-16(15)13-17/h1-8,13-14H,9-12H2. The van der Waals surface area contributed by atoms with E-state index in [9.17, 15) is 17.6 Å². The van der Waals surface area contributed by atoms with Crippen molar-refractivity contribution in [3.8, 4) is 0 Å². The highest BCUT2D eigenvalue weighted by Crippen LogP contribution is 2.24. The maximum Gasteiger partial charge on any atom is 0.253 e. The minimum Gasteiger partial charge on any atom is -0.336 e. The zero-order chi connectivity index (χ0) is 20.6. The van der Waals surface area contributed by atoms with Crippen molar-refractivity contribution in [2.75, 3.05) is 26.2 Å². The summed E-state index contributed by atoms with van der Waals surface area (Å²) >= 11 is 5.71. The molecule has 0 bridgehead atoms. The number of rotatable bonds is 3. The summed E-state index contributed by atoms with van der Waals surface area (Å²) in [6.45, 7) is 0.674. The van der Waals surface area contributed by atoms with Crippen molar-refractivity contribution < 1.29 is 17.6 Å². The molecule has 1 aliphatic heterocycles. The third-order valence-electron chi connectivity index (χ3n) is 5.03. The number of sulfonamides is 1. The number of hydrogen-bond acceptors (Lipinski definition) is 3. The van der Waals surface area contributed by atoms with Crippen molar-refractivity contribution in [3.63, 3.8) is 0 Å². The molecule has 1 saturated heterocycles. The van der Waals surface area contributed by atoms with Crippen molar-refractivity contribution in [2.24, 2.45) is 0 Å². The van der Waals surface area contributed by atoms with Gasteiger partial charge in [0.05, 0.1) is 0 Å². The van der Waals surface area contributed by atoms with Crippen molar-refractivity contribution in [3.05, 3.63) is 77.1 Å². The summed E-state index contributed by atoms with van der Waals surface area (Å²) in [6, 6.07) is 16.8. The predicted molar refractivity (Wildman–Crippen MR) is 110 cm³/mol. The average Bonchev–Trinajstić information content (AvgIpc) is 2.72. The molecule has 3 aromatic carbocycles. The summed E-state index contributed by atoms with van der Waals surface area (Å²) in [5.41, 5.74) is 0.559. The van der Waals surface area contributed by atoms with E-state index in [0.29, 0.717) is 5.56 Å². The fourth-order valence-corrected chi connectivity index (χ4v) is 5.09. The largest absolute Gasteiger partial charge is 0.336 e.